The van der Waals surface area contributed by atoms with Gasteiger partial charge in [0.25, 0.3) is 0 Å². The maximum Gasteiger partial charge on any atom is 1.00 e. The molecule has 0 saturated carbocycles. The van der Waals surface area contributed by atoms with Crippen LogP contribution in [0.15, 0.2) is 35.2 Å². The van der Waals surface area contributed by atoms with Crippen LogP contribution in [0.4, 0.5) is 0 Å². The molecule has 96 valence electrons. The van der Waals surface area contributed by atoms with Crippen molar-refractivity contribution in [3.05, 3.63) is 41.5 Å². The fraction of sp³-hybridized carbons (Fsp3) is 0.286. The Kier molecular flexibility index (Phi) is 6.19. The summed E-state index contributed by atoms with van der Waals surface area (Å²) in [4.78, 5) is -0.127. The monoisotopic (exact) mass is 302 g/mol. The van der Waals surface area contributed by atoms with E-state index in [1.807, 2.05) is 25.1 Å². The van der Waals surface area contributed by atoms with Gasteiger partial charge < -0.3 is 4.55 Å². The Morgan fingerprint density at radius 1 is 1.05 bits per heavy atom. The molecule has 0 unspecified atom stereocenters. The second-order valence-electron chi connectivity index (χ2n) is 4.26. The minimum atomic E-state index is -4.42. The standard InChI is InChI=1S/C14H16O3S.K/c1-3-10-8-12-6-5-7-14(18(15,16)17)13(12)9-11(10)4-2;/h5-9H,3-4H2,1-2H3,(H,15,16,17);/q;+1/p-1. The molecule has 0 fully saturated rings. The first-order valence-corrected chi connectivity index (χ1v) is 7.38. The van der Waals surface area contributed by atoms with Crippen LogP contribution in [-0.2, 0) is 23.0 Å². The first-order valence-electron chi connectivity index (χ1n) is 5.97. The van der Waals surface area contributed by atoms with Gasteiger partial charge in [0.05, 0.1) is 4.90 Å². The molecule has 0 radical (unpaired) electrons. The third-order valence-electron chi connectivity index (χ3n) is 3.19. The van der Waals surface area contributed by atoms with E-state index in [2.05, 4.69) is 6.92 Å². The Bertz CT molecular complexity index is 693. The molecular weight excluding hydrogens is 287 g/mol. The maximum atomic E-state index is 11.2. The smallest absolute Gasteiger partial charge is 0.744 e. The molecule has 2 aromatic rings. The molecule has 0 aliphatic heterocycles. The van der Waals surface area contributed by atoms with E-state index in [1.54, 1.807) is 6.07 Å². The number of fused-ring (bicyclic) bond motifs is 1. The van der Waals surface area contributed by atoms with Crippen LogP contribution in [0.25, 0.3) is 10.8 Å². The third kappa shape index (κ3) is 3.67. The molecule has 0 atom stereocenters. The van der Waals surface area contributed by atoms with E-state index >= 15 is 0 Å². The van der Waals surface area contributed by atoms with E-state index in [0.717, 1.165) is 23.8 Å². The van der Waals surface area contributed by atoms with Crippen LogP contribution in [0.5, 0.6) is 0 Å². The Balaban J connectivity index is 0.00000180. The maximum absolute atomic E-state index is 11.2. The van der Waals surface area contributed by atoms with Crippen molar-refractivity contribution in [1.29, 1.82) is 0 Å². The van der Waals surface area contributed by atoms with Crippen molar-refractivity contribution in [3.8, 4) is 0 Å². The summed E-state index contributed by atoms with van der Waals surface area (Å²) in [5, 5.41) is 1.34. The molecule has 19 heavy (non-hydrogen) atoms. The molecule has 0 amide bonds. The number of hydrogen-bond donors (Lipinski definition) is 0. The van der Waals surface area contributed by atoms with Gasteiger partial charge in [0, 0.05) is 0 Å². The van der Waals surface area contributed by atoms with Gasteiger partial charge in [-0.2, -0.15) is 0 Å². The predicted molar refractivity (Wildman–Crippen MR) is 70.7 cm³/mol. The summed E-state index contributed by atoms with van der Waals surface area (Å²) < 4.78 is 33.7. The fourth-order valence-corrected chi connectivity index (χ4v) is 2.96. The van der Waals surface area contributed by atoms with Crippen LogP contribution in [0.3, 0.4) is 0 Å². The van der Waals surface area contributed by atoms with Crippen LogP contribution in [0, 0.1) is 0 Å². The Hall–Kier alpha value is 0.246. The first-order chi connectivity index (χ1) is 8.47. The van der Waals surface area contributed by atoms with Gasteiger partial charge in [-0.05, 0) is 46.9 Å². The molecule has 0 bridgehead atoms. The van der Waals surface area contributed by atoms with Crippen molar-refractivity contribution in [1.82, 2.24) is 0 Å². The van der Waals surface area contributed by atoms with Gasteiger partial charge in [-0.3, -0.25) is 0 Å². The topological polar surface area (TPSA) is 57.2 Å². The quantitative estimate of drug-likeness (QED) is 0.586. The summed E-state index contributed by atoms with van der Waals surface area (Å²) >= 11 is 0. The van der Waals surface area contributed by atoms with E-state index in [1.165, 1.54) is 11.6 Å². The average molecular weight is 302 g/mol. The third-order valence-corrected chi connectivity index (χ3v) is 4.09. The molecule has 2 rings (SSSR count). The SMILES string of the molecule is CCc1cc2cccc(S(=O)(=O)[O-])c2cc1CC.[K+]. The van der Waals surface area contributed by atoms with Crippen molar-refractivity contribution in [2.24, 2.45) is 0 Å². The average Bonchev–Trinajstić information content (AvgIpc) is 2.35. The molecule has 3 nitrogen and oxygen atoms in total. The zero-order chi connectivity index (χ0) is 13.3. The van der Waals surface area contributed by atoms with Gasteiger partial charge in [-0.1, -0.05) is 32.0 Å². The molecule has 0 aromatic heterocycles. The summed E-state index contributed by atoms with van der Waals surface area (Å²) in [6.45, 7) is 4.09. The summed E-state index contributed by atoms with van der Waals surface area (Å²) in [5.74, 6) is 0. The number of aryl methyl sites for hydroxylation is 2. The zero-order valence-electron chi connectivity index (χ0n) is 11.4. The van der Waals surface area contributed by atoms with Gasteiger partial charge in [0.2, 0.25) is 0 Å². The molecule has 0 heterocycles. The fourth-order valence-electron chi connectivity index (χ4n) is 2.26. The molecule has 0 spiro atoms. The summed E-state index contributed by atoms with van der Waals surface area (Å²) in [6.07, 6.45) is 1.72. The molecule has 5 heteroatoms. The number of benzene rings is 2. The van der Waals surface area contributed by atoms with Gasteiger partial charge in [0.15, 0.2) is 0 Å². The molecular formula is C14H15KO3S. The first kappa shape index (κ1) is 17.3. The van der Waals surface area contributed by atoms with Crippen LogP contribution < -0.4 is 51.4 Å². The van der Waals surface area contributed by atoms with E-state index in [0.29, 0.717) is 5.39 Å². The van der Waals surface area contributed by atoms with E-state index < -0.39 is 10.1 Å². The van der Waals surface area contributed by atoms with Crippen molar-refractivity contribution in [3.63, 3.8) is 0 Å². The predicted octanol–water partition coefficient (Wildman–Crippen LogP) is -0.127. The van der Waals surface area contributed by atoms with E-state index in [-0.39, 0.29) is 56.3 Å². The Labute approximate surface area is 156 Å². The molecule has 0 N–H and O–H groups in total. The zero-order valence-corrected chi connectivity index (χ0v) is 15.4. The van der Waals surface area contributed by atoms with E-state index in [9.17, 15) is 13.0 Å². The van der Waals surface area contributed by atoms with Gasteiger partial charge in [-0.15, -0.1) is 0 Å². The number of rotatable bonds is 3. The second kappa shape index (κ2) is 6.80. The van der Waals surface area contributed by atoms with Crippen LogP contribution in [0.2, 0.25) is 0 Å². The van der Waals surface area contributed by atoms with Gasteiger partial charge in [0.1, 0.15) is 10.1 Å². The second-order valence-corrected chi connectivity index (χ2v) is 5.61. The van der Waals surface area contributed by atoms with Crippen molar-refractivity contribution in [2.45, 2.75) is 31.6 Å². The van der Waals surface area contributed by atoms with Gasteiger partial charge >= 0.3 is 51.4 Å². The molecule has 2 aromatic carbocycles. The number of hydrogen-bond acceptors (Lipinski definition) is 3. The van der Waals surface area contributed by atoms with Crippen LogP contribution in [0.1, 0.15) is 25.0 Å². The molecule has 0 saturated heterocycles. The van der Waals surface area contributed by atoms with Gasteiger partial charge in [-0.25, -0.2) is 8.42 Å². The summed E-state index contributed by atoms with van der Waals surface area (Å²) in [7, 11) is -4.42. The normalized spacial score (nSPS) is 11.3. The molecule has 0 aliphatic carbocycles. The summed E-state index contributed by atoms with van der Waals surface area (Å²) in [5.41, 5.74) is 2.30. The minimum absolute atomic E-state index is 0. The molecule has 0 aliphatic rings. The summed E-state index contributed by atoms with van der Waals surface area (Å²) in [6, 6.07) is 8.62. The van der Waals surface area contributed by atoms with Crippen LogP contribution >= 0.6 is 0 Å². The minimum Gasteiger partial charge on any atom is -0.744 e. The Morgan fingerprint density at radius 2 is 1.63 bits per heavy atom. The largest absolute Gasteiger partial charge is 1.00 e. The van der Waals surface area contributed by atoms with Crippen molar-refractivity contribution in [2.75, 3.05) is 0 Å². The van der Waals surface area contributed by atoms with Crippen molar-refractivity contribution < 1.29 is 64.4 Å². The van der Waals surface area contributed by atoms with E-state index in [4.69, 9.17) is 0 Å². The Morgan fingerprint density at radius 3 is 2.16 bits per heavy atom. The van der Waals surface area contributed by atoms with Crippen LogP contribution in [-0.4, -0.2) is 13.0 Å². The van der Waals surface area contributed by atoms with Crippen molar-refractivity contribution >= 4 is 20.9 Å².